The first-order valence-electron chi connectivity index (χ1n) is 28.3. The second kappa shape index (κ2) is 49.8. The third-order valence-corrected chi connectivity index (χ3v) is 13.3. The summed E-state index contributed by atoms with van der Waals surface area (Å²) in [5.41, 5.74) is 0. The van der Waals surface area contributed by atoms with Gasteiger partial charge in [-0.15, -0.1) is 0 Å². The molecule has 0 aromatic carbocycles. The molecule has 0 N–H and O–H groups in total. The van der Waals surface area contributed by atoms with E-state index in [0.717, 1.165) is 69.6 Å². The molecule has 6 heteroatoms. The first-order valence-corrected chi connectivity index (χ1v) is 28.3. The van der Waals surface area contributed by atoms with Crippen LogP contribution in [-0.2, 0) is 28.6 Å². The van der Waals surface area contributed by atoms with Crippen LogP contribution >= 0.6 is 0 Å². The Labute approximate surface area is 393 Å². The van der Waals surface area contributed by atoms with Crippen molar-refractivity contribution in [2.75, 3.05) is 13.2 Å². The summed E-state index contributed by atoms with van der Waals surface area (Å²) < 4.78 is 16.8. The molecular formula is C57H110O6. The summed E-state index contributed by atoms with van der Waals surface area (Å²) in [6.45, 7) is 11.4. The Kier molecular flexibility index (Phi) is 48.6. The average Bonchev–Trinajstić information content (AvgIpc) is 3.27. The monoisotopic (exact) mass is 891 g/mol. The maximum Gasteiger partial charge on any atom is 0.306 e. The topological polar surface area (TPSA) is 78.9 Å². The smallest absolute Gasteiger partial charge is 0.306 e. The molecule has 0 saturated carbocycles. The minimum Gasteiger partial charge on any atom is -0.462 e. The fourth-order valence-electron chi connectivity index (χ4n) is 8.66. The van der Waals surface area contributed by atoms with Gasteiger partial charge in [-0.2, -0.15) is 0 Å². The largest absolute Gasteiger partial charge is 0.462 e. The number of hydrogen-bond acceptors (Lipinski definition) is 6. The Balaban J connectivity index is 4.21. The van der Waals surface area contributed by atoms with E-state index in [1.165, 1.54) is 205 Å². The lowest BCUT2D eigenvalue weighted by molar-refractivity contribution is -0.167. The minimum atomic E-state index is -0.762. The molecule has 0 aliphatic heterocycles. The van der Waals surface area contributed by atoms with Gasteiger partial charge >= 0.3 is 17.9 Å². The van der Waals surface area contributed by atoms with E-state index in [-0.39, 0.29) is 31.1 Å². The van der Waals surface area contributed by atoms with E-state index in [0.29, 0.717) is 19.3 Å². The Bertz CT molecular complexity index is 964. The number of rotatable bonds is 51. The molecular weight excluding hydrogens is 781 g/mol. The zero-order chi connectivity index (χ0) is 46.1. The fraction of sp³-hybridized carbons (Fsp3) is 0.947. The van der Waals surface area contributed by atoms with E-state index in [9.17, 15) is 14.4 Å². The summed E-state index contributed by atoms with van der Waals surface area (Å²) in [5.74, 6) is 0.883. The van der Waals surface area contributed by atoms with Crippen LogP contribution in [0.1, 0.15) is 317 Å². The highest BCUT2D eigenvalue weighted by molar-refractivity contribution is 5.71. The van der Waals surface area contributed by atoms with Gasteiger partial charge in [0.05, 0.1) is 0 Å². The quantitative estimate of drug-likeness (QED) is 0.0344. The number of ether oxygens (including phenoxy) is 3. The van der Waals surface area contributed by atoms with Crippen molar-refractivity contribution < 1.29 is 28.6 Å². The van der Waals surface area contributed by atoms with Crippen LogP contribution in [0.5, 0.6) is 0 Å². The zero-order valence-electron chi connectivity index (χ0n) is 43.2. The molecule has 6 nitrogen and oxygen atoms in total. The third kappa shape index (κ3) is 49.7. The summed E-state index contributed by atoms with van der Waals surface area (Å²) in [6, 6.07) is 0. The predicted octanol–water partition coefficient (Wildman–Crippen LogP) is 18.5. The van der Waals surface area contributed by atoms with Crippen molar-refractivity contribution in [2.45, 2.75) is 323 Å². The van der Waals surface area contributed by atoms with Crippen LogP contribution in [-0.4, -0.2) is 37.2 Å². The van der Waals surface area contributed by atoms with Crippen molar-refractivity contribution >= 4 is 17.9 Å². The molecule has 0 spiro atoms. The fourth-order valence-corrected chi connectivity index (χ4v) is 8.66. The number of hydrogen-bond donors (Lipinski definition) is 0. The van der Waals surface area contributed by atoms with Crippen LogP contribution in [0, 0.1) is 11.8 Å². The van der Waals surface area contributed by atoms with Crippen molar-refractivity contribution in [3.63, 3.8) is 0 Å². The van der Waals surface area contributed by atoms with Gasteiger partial charge in [0.15, 0.2) is 6.10 Å². The van der Waals surface area contributed by atoms with Gasteiger partial charge in [0.2, 0.25) is 0 Å². The van der Waals surface area contributed by atoms with Crippen molar-refractivity contribution in [1.82, 2.24) is 0 Å². The highest BCUT2D eigenvalue weighted by Crippen LogP contribution is 2.18. The van der Waals surface area contributed by atoms with E-state index in [1.54, 1.807) is 0 Å². The number of carbonyl (C=O) groups is 3. The standard InChI is InChI=1S/C57H110O6/c1-6-8-9-10-11-12-27-32-37-42-47-55(58)61-50-54(51-62-56(59)48-43-38-33-28-24-23-25-30-35-40-45-52(3)4)63-57(60)49-44-39-34-29-22-20-18-16-14-13-15-17-19-21-26-31-36-41-46-53(5)7-2/h52-54H,6-51H2,1-5H3/t53?,54-/m1/s1. The van der Waals surface area contributed by atoms with Crippen molar-refractivity contribution in [2.24, 2.45) is 11.8 Å². The highest BCUT2D eigenvalue weighted by atomic mass is 16.6. The molecule has 0 aliphatic rings. The normalized spacial score (nSPS) is 12.5. The number of unbranched alkanes of at least 4 members (excludes halogenated alkanes) is 35. The maximum absolute atomic E-state index is 12.8. The van der Waals surface area contributed by atoms with Crippen LogP contribution in [0.15, 0.2) is 0 Å². The molecule has 0 fully saturated rings. The van der Waals surface area contributed by atoms with Gasteiger partial charge in [-0.3, -0.25) is 14.4 Å². The molecule has 0 saturated heterocycles. The Hall–Kier alpha value is -1.59. The molecule has 2 atom stereocenters. The zero-order valence-corrected chi connectivity index (χ0v) is 43.2. The van der Waals surface area contributed by atoms with Gasteiger partial charge < -0.3 is 14.2 Å². The molecule has 1 unspecified atom stereocenters. The van der Waals surface area contributed by atoms with Gasteiger partial charge in [-0.25, -0.2) is 0 Å². The summed E-state index contributed by atoms with van der Waals surface area (Å²) in [7, 11) is 0. The van der Waals surface area contributed by atoms with Crippen LogP contribution in [0.25, 0.3) is 0 Å². The lowest BCUT2D eigenvalue weighted by Gasteiger charge is -2.18. The summed E-state index contributed by atoms with van der Waals surface area (Å²) in [5, 5.41) is 0. The van der Waals surface area contributed by atoms with E-state index < -0.39 is 6.10 Å². The van der Waals surface area contributed by atoms with E-state index in [1.807, 2.05) is 0 Å². The number of carbonyl (C=O) groups excluding carboxylic acids is 3. The predicted molar refractivity (Wildman–Crippen MR) is 270 cm³/mol. The lowest BCUT2D eigenvalue weighted by Crippen LogP contribution is -2.30. The molecule has 0 aromatic heterocycles. The van der Waals surface area contributed by atoms with E-state index in [4.69, 9.17) is 14.2 Å². The first-order chi connectivity index (χ1) is 30.8. The molecule has 0 bridgehead atoms. The second-order valence-corrected chi connectivity index (χ2v) is 20.3. The molecule has 0 radical (unpaired) electrons. The van der Waals surface area contributed by atoms with Crippen LogP contribution in [0.2, 0.25) is 0 Å². The second-order valence-electron chi connectivity index (χ2n) is 20.3. The number of esters is 3. The molecule has 63 heavy (non-hydrogen) atoms. The van der Waals surface area contributed by atoms with Crippen molar-refractivity contribution in [1.29, 1.82) is 0 Å². The summed E-state index contributed by atoms with van der Waals surface area (Å²) >= 11 is 0. The van der Waals surface area contributed by atoms with Crippen molar-refractivity contribution in [3.8, 4) is 0 Å². The van der Waals surface area contributed by atoms with Crippen molar-refractivity contribution in [3.05, 3.63) is 0 Å². The van der Waals surface area contributed by atoms with Gasteiger partial charge in [-0.1, -0.05) is 279 Å². The maximum atomic E-state index is 12.8. The lowest BCUT2D eigenvalue weighted by atomic mass is 9.99. The van der Waals surface area contributed by atoms with Crippen LogP contribution < -0.4 is 0 Å². The summed E-state index contributed by atoms with van der Waals surface area (Å²) in [4.78, 5) is 38.0. The minimum absolute atomic E-state index is 0.0633. The Morgan fingerprint density at radius 3 is 0.905 bits per heavy atom. The van der Waals surface area contributed by atoms with Gasteiger partial charge in [0.25, 0.3) is 0 Å². The summed E-state index contributed by atoms with van der Waals surface area (Å²) in [6.07, 6.45) is 52.4. The van der Waals surface area contributed by atoms with E-state index in [2.05, 4.69) is 34.6 Å². The SMILES string of the molecule is CCCCCCCCCCCCC(=O)OC[C@H](COC(=O)CCCCCCCCCCCCC(C)C)OC(=O)CCCCCCCCCCCCCCCCCCCCC(C)CC. The molecule has 0 rings (SSSR count). The molecule has 374 valence electrons. The molecule has 0 aromatic rings. The average molecular weight is 892 g/mol. The Morgan fingerprint density at radius 2 is 0.603 bits per heavy atom. The Morgan fingerprint density at radius 1 is 0.333 bits per heavy atom. The third-order valence-electron chi connectivity index (χ3n) is 13.3. The molecule has 0 aliphatic carbocycles. The van der Waals surface area contributed by atoms with Crippen LogP contribution in [0.3, 0.4) is 0 Å². The first kappa shape index (κ1) is 61.4. The van der Waals surface area contributed by atoms with Gasteiger partial charge in [0.1, 0.15) is 13.2 Å². The molecule has 0 heterocycles. The van der Waals surface area contributed by atoms with Gasteiger partial charge in [-0.05, 0) is 31.1 Å². The van der Waals surface area contributed by atoms with Gasteiger partial charge in [0, 0.05) is 19.3 Å². The highest BCUT2D eigenvalue weighted by Gasteiger charge is 2.19. The molecule has 0 amide bonds. The van der Waals surface area contributed by atoms with E-state index >= 15 is 0 Å². The van der Waals surface area contributed by atoms with Crippen LogP contribution in [0.4, 0.5) is 0 Å².